The fraction of sp³-hybridized carbons (Fsp3) is 0.190. The molecule has 0 aliphatic heterocycles. The van der Waals surface area contributed by atoms with Gasteiger partial charge in [-0.25, -0.2) is 4.98 Å². The van der Waals surface area contributed by atoms with Crippen molar-refractivity contribution < 1.29 is 8.78 Å². The summed E-state index contributed by atoms with van der Waals surface area (Å²) in [5.74, 6) is 1.09. The monoisotopic (exact) mass is 445 g/mol. The van der Waals surface area contributed by atoms with Crippen molar-refractivity contribution in [2.24, 2.45) is 0 Å². The Hall–Kier alpha value is -2.71. The van der Waals surface area contributed by atoms with E-state index in [0.717, 1.165) is 26.9 Å². The lowest BCUT2D eigenvalue weighted by molar-refractivity contribution is 0.0678. The van der Waals surface area contributed by atoms with Gasteiger partial charge in [0, 0.05) is 18.0 Å². The van der Waals surface area contributed by atoms with Gasteiger partial charge in [0.2, 0.25) is 0 Å². The molecule has 0 fully saturated rings. The topological polar surface area (TPSA) is 48.5 Å². The third kappa shape index (κ3) is 3.97. The van der Waals surface area contributed by atoms with Crippen LogP contribution >= 0.6 is 23.4 Å². The zero-order chi connectivity index (χ0) is 21.3. The number of thioether (sulfide) groups is 1. The van der Waals surface area contributed by atoms with Gasteiger partial charge in [-0.2, -0.15) is 8.78 Å². The van der Waals surface area contributed by atoms with Crippen molar-refractivity contribution in [3.05, 3.63) is 76.8 Å². The maximum absolute atomic E-state index is 13.2. The number of hydrogen-bond acceptors (Lipinski definition) is 4. The van der Waals surface area contributed by atoms with E-state index in [1.807, 2.05) is 54.8 Å². The van der Waals surface area contributed by atoms with E-state index in [4.69, 9.17) is 11.6 Å². The maximum atomic E-state index is 13.2. The summed E-state index contributed by atoms with van der Waals surface area (Å²) in [6.07, 6.45) is 2.64. The molecule has 4 rings (SSSR count). The molecule has 0 saturated carbocycles. The van der Waals surface area contributed by atoms with Crippen molar-refractivity contribution in [3.63, 3.8) is 0 Å². The highest BCUT2D eigenvalue weighted by Crippen LogP contribution is 2.34. The van der Waals surface area contributed by atoms with E-state index >= 15 is 0 Å². The van der Waals surface area contributed by atoms with Crippen LogP contribution in [0.15, 0.2) is 60.0 Å². The predicted molar refractivity (Wildman–Crippen MR) is 114 cm³/mol. The van der Waals surface area contributed by atoms with Gasteiger partial charge in [0.1, 0.15) is 5.82 Å². The van der Waals surface area contributed by atoms with Crippen molar-refractivity contribution in [1.29, 1.82) is 0 Å². The Balaban J connectivity index is 1.80. The van der Waals surface area contributed by atoms with Crippen LogP contribution in [-0.2, 0) is 5.75 Å². The Morgan fingerprint density at radius 2 is 1.90 bits per heavy atom. The highest BCUT2D eigenvalue weighted by Gasteiger charge is 2.20. The summed E-state index contributed by atoms with van der Waals surface area (Å²) in [6.45, 7) is 1.37. The zero-order valence-electron chi connectivity index (χ0n) is 16.3. The lowest BCUT2D eigenvalue weighted by Gasteiger charge is -2.14. The van der Waals surface area contributed by atoms with Gasteiger partial charge < -0.3 is 0 Å². The third-order valence-corrected chi connectivity index (χ3v) is 5.90. The highest BCUT2D eigenvalue weighted by atomic mass is 35.5. The van der Waals surface area contributed by atoms with Crippen molar-refractivity contribution in [2.45, 2.75) is 31.3 Å². The molecule has 0 aliphatic carbocycles. The van der Waals surface area contributed by atoms with Crippen molar-refractivity contribution in [2.75, 3.05) is 0 Å². The number of aryl methyl sites for hydroxylation is 2. The maximum Gasteiger partial charge on any atom is 0.319 e. The predicted octanol–water partition coefficient (Wildman–Crippen LogP) is 6.09. The van der Waals surface area contributed by atoms with E-state index in [9.17, 15) is 8.78 Å². The van der Waals surface area contributed by atoms with E-state index in [0.29, 0.717) is 16.0 Å². The number of nitrogens with zero attached hydrogens (tertiary/aromatic N) is 5. The molecular weight excluding hydrogens is 428 g/mol. The number of benzene rings is 2. The van der Waals surface area contributed by atoms with Gasteiger partial charge in [0.25, 0.3) is 0 Å². The van der Waals surface area contributed by atoms with Gasteiger partial charge >= 0.3 is 6.55 Å². The molecule has 2 heterocycles. The Bertz CT molecular complexity index is 1190. The molecule has 9 heteroatoms. The Morgan fingerprint density at radius 3 is 2.67 bits per heavy atom. The summed E-state index contributed by atoms with van der Waals surface area (Å²) < 4.78 is 29.1. The molecule has 0 aliphatic rings. The van der Waals surface area contributed by atoms with Crippen LogP contribution in [0.3, 0.4) is 0 Å². The molecule has 0 saturated heterocycles. The molecule has 30 heavy (non-hydrogen) atoms. The van der Waals surface area contributed by atoms with Crippen molar-refractivity contribution in [3.8, 4) is 17.1 Å². The summed E-state index contributed by atoms with van der Waals surface area (Å²) >= 11 is 7.72. The lowest BCUT2D eigenvalue weighted by Crippen LogP contribution is -2.05. The summed E-state index contributed by atoms with van der Waals surface area (Å²) in [5, 5.41) is 9.86. The number of rotatable bonds is 6. The standard InChI is InChI=1S/C21H18ClF2N5S/c1-13-7-8-14(2)17(11-13)29-19(15-5-3-4-6-16(15)22)26-27-21(29)30-12-18-25-9-10-28(18)20(23)24/h3-11,20H,12H2,1-2H3. The fourth-order valence-electron chi connectivity index (χ4n) is 3.12. The first-order valence-corrected chi connectivity index (χ1v) is 10.5. The quantitative estimate of drug-likeness (QED) is 0.337. The summed E-state index contributed by atoms with van der Waals surface area (Å²) in [7, 11) is 0. The zero-order valence-corrected chi connectivity index (χ0v) is 17.8. The Kier molecular flexibility index (Phi) is 5.87. The summed E-state index contributed by atoms with van der Waals surface area (Å²) in [4.78, 5) is 4.05. The van der Waals surface area contributed by atoms with E-state index in [-0.39, 0.29) is 11.6 Å². The van der Waals surface area contributed by atoms with E-state index in [2.05, 4.69) is 15.2 Å². The molecule has 0 N–H and O–H groups in total. The number of halogens is 3. The molecule has 0 spiro atoms. The molecule has 0 unspecified atom stereocenters. The van der Waals surface area contributed by atoms with Crippen LogP contribution in [0, 0.1) is 13.8 Å². The van der Waals surface area contributed by atoms with Crippen LogP contribution in [0.5, 0.6) is 0 Å². The smallest absolute Gasteiger partial charge is 0.277 e. The third-order valence-electron chi connectivity index (χ3n) is 4.64. The Morgan fingerprint density at radius 1 is 1.10 bits per heavy atom. The first kappa shape index (κ1) is 20.6. The van der Waals surface area contributed by atoms with Crippen LogP contribution in [-0.4, -0.2) is 24.3 Å². The van der Waals surface area contributed by atoms with E-state index < -0.39 is 6.55 Å². The van der Waals surface area contributed by atoms with Crippen molar-refractivity contribution >= 4 is 23.4 Å². The van der Waals surface area contributed by atoms with Crippen LogP contribution in [0.25, 0.3) is 17.1 Å². The number of hydrogen-bond donors (Lipinski definition) is 0. The second kappa shape index (κ2) is 8.57. The minimum atomic E-state index is -2.64. The summed E-state index contributed by atoms with van der Waals surface area (Å²) in [6, 6.07) is 13.5. The molecule has 154 valence electrons. The van der Waals surface area contributed by atoms with Gasteiger partial charge in [-0.3, -0.25) is 9.13 Å². The van der Waals surface area contributed by atoms with Crippen LogP contribution < -0.4 is 0 Å². The van der Waals surface area contributed by atoms with Gasteiger partial charge in [0.15, 0.2) is 11.0 Å². The number of aromatic nitrogens is 5. The largest absolute Gasteiger partial charge is 0.319 e. The van der Waals surface area contributed by atoms with Gasteiger partial charge in [-0.15, -0.1) is 10.2 Å². The van der Waals surface area contributed by atoms with E-state index in [1.54, 1.807) is 6.07 Å². The molecule has 5 nitrogen and oxygen atoms in total. The summed E-state index contributed by atoms with van der Waals surface area (Å²) in [5.41, 5.74) is 3.77. The minimum absolute atomic E-state index is 0.225. The van der Waals surface area contributed by atoms with Crippen LogP contribution in [0.4, 0.5) is 8.78 Å². The minimum Gasteiger partial charge on any atom is -0.277 e. The number of alkyl halides is 2. The van der Waals surface area contributed by atoms with Gasteiger partial charge in [0.05, 0.1) is 16.5 Å². The number of imidazole rings is 1. The molecule has 0 atom stereocenters. The average Bonchev–Trinajstić information content (AvgIpc) is 3.35. The van der Waals surface area contributed by atoms with Crippen molar-refractivity contribution in [1.82, 2.24) is 24.3 Å². The first-order chi connectivity index (χ1) is 14.5. The second-order valence-corrected chi connectivity index (χ2v) is 8.08. The average molecular weight is 446 g/mol. The molecule has 2 aromatic carbocycles. The van der Waals surface area contributed by atoms with Crippen LogP contribution in [0.2, 0.25) is 5.02 Å². The highest BCUT2D eigenvalue weighted by molar-refractivity contribution is 7.98. The van der Waals surface area contributed by atoms with E-state index in [1.165, 1.54) is 24.2 Å². The normalized spacial score (nSPS) is 11.4. The molecular formula is C21H18ClF2N5S. The Labute approximate surface area is 181 Å². The molecule has 0 radical (unpaired) electrons. The first-order valence-electron chi connectivity index (χ1n) is 9.16. The molecule has 0 bridgehead atoms. The molecule has 4 aromatic rings. The fourth-order valence-corrected chi connectivity index (χ4v) is 4.23. The second-order valence-electron chi connectivity index (χ2n) is 6.73. The molecule has 2 aromatic heterocycles. The van der Waals surface area contributed by atoms with Gasteiger partial charge in [-0.1, -0.05) is 47.6 Å². The van der Waals surface area contributed by atoms with Gasteiger partial charge in [-0.05, 0) is 43.2 Å². The molecule has 0 amide bonds. The SMILES string of the molecule is Cc1ccc(C)c(-n2c(SCc3nccn3C(F)F)nnc2-c2ccccc2Cl)c1. The lowest BCUT2D eigenvalue weighted by atomic mass is 10.1. The van der Waals surface area contributed by atoms with Crippen LogP contribution in [0.1, 0.15) is 23.5 Å².